The van der Waals surface area contributed by atoms with Crippen molar-refractivity contribution in [2.24, 2.45) is 0 Å². The first-order valence-electron chi connectivity index (χ1n) is 6.96. The molecule has 0 saturated carbocycles. The molecule has 21 heavy (non-hydrogen) atoms. The van der Waals surface area contributed by atoms with Gasteiger partial charge in [0, 0.05) is 16.8 Å². The van der Waals surface area contributed by atoms with Crippen LogP contribution in [-0.4, -0.2) is 5.78 Å². The summed E-state index contributed by atoms with van der Waals surface area (Å²) < 4.78 is 0. The van der Waals surface area contributed by atoms with Crippen LogP contribution in [0.5, 0.6) is 0 Å². The molecule has 0 saturated heterocycles. The van der Waals surface area contributed by atoms with E-state index in [1.54, 1.807) is 6.07 Å². The Morgan fingerprint density at radius 1 is 0.952 bits per heavy atom. The van der Waals surface area contributed by atoms with E-state index in [1.807, 2.05) is 62.4 Å². The Bertz CT molecular complexity index is 829. The second kappa shape index (κ2) is 5.06. The summed E-state index contributed by atoms with van der Waals surface area (Å²) >= 11 is 0. The van der Waals surface area contributed by atoms with Gasteiger partial charge in [-0.1, -0.05) is 36.4 Å². The predicted molar refractivity (Wildman–Crippen MR) is 87.7 cm³/mol. The number of hydrogen-bond acceptors (Lipinski definition) is 2. The predicted octanol–water partition coefficient (Wildman–Crippen LogP) is 4.27. The number of carbonyl (C=O) groups excluding carboxylic acids is 1. The average Bonchev–Trinajstić information content (AvgIpc) is 2.45. The summed E-state index contributed by atoms with van der Waals surface area (Å²) in [6, 6.07) is 17.5. The van der Waals surface area contributed by atoms with Crippen LogP contribution in [0.4, 0.5) is 5.69 Å². The van der Waals surface area contributed by atoms with Crippen molar-refractivity contribution in [2.75, 3.05) is 5.73 Å². The highest BCUT2D eigenvalue weighted by molar-refractivity contribution is 6.17. The van der Waals surface area contributed by atoms with Gasteiger partial charge in [-0.25, -0.2) is 0 Å². The largest absolute Gasteiger partial charge is 0.399 e. The van der Waals surface area contributed by atoms with Crippen LogP contribution >= 0.6 is 0 Å². The van der Waals surface area contributed by atoms with Crippen LogP contribution in [-0.2, 0) is 0 Å². The molecule has 0 aliphatic rings. The molecular formula is C19H17NO. The minimum Gasteiger partial charge on any atom is -0.399 e. The Kier molecular flexibility index (Phi) is 3.22. The summed E-state index contributed by atoms with van der Waals surface area (Å²) in [6.45, 7) is 3.92. The number of benzene rings is 3. The maximum atomic E-state index is 12.9. The highest BCUT2D eigenvalue weighted by Gasteiger charge is 2.15. The second-order valence-electron chi connectivity index (χ2n) is 5.44. The lowest BCUT2D eigenvalue weighted by Gasteiger charge is -2.10. The van der Waals surface area contributed by atoms with Crippen molar-refractivity contribution in [1.82, 2.24) is 0 Å². The van der Waals surface area contributed by atoms with E-state index >= 15 is 0 Å². The number of ketones is 1. The second-order valence-corrected chi connectivity index (χ2v) is 5.44. The molecule has 0 unspecified atom stereocenters. The zero-order valence-corrected chi connectivity index (χ0v) is 12.2. The fraction of sp³-hybridized carbons (Fsp3) is 0.105. The number of rotatable bonds is 2. The van der Waals surface area contributed by atoms with Gasteiger partial charge in [-0.15, -0.1) is 0 Å². The molecule has 0 aliphatic heterocycles. The van der Waals surface area contributed by atoms with Gasteiger partial charge in [0.2, 0.25) is 0 Å². The molecule has 0 amide bonds. The van der Waals surface area contributed by atoms with Gasteiger partial charge in [0.05, 0.1) is 0 Å². The standard InChI is InChI=1S/C19H17NO/c1-12-9-15(11-16(20)10-12)19(21)18-13(2)7-8-14-5-3-4-6-17(14)18/h3-11H,20H2,1-2H3. The lowest BCUT2D eigenvalue weighted by Crippen LogP contribution is -2.06. The summed E-state index contributed by atoms with van der Waals surface area (Å²) in [5.41, 5.74) is 9.88. The van der Waals surface area contributed by atoms with Crippen molar-refractivity contribution in [3.8, 4) is 0 Å². The van der Waals surface area contributed by atoms with Crippen molar-refractivity contribution < 1.29 is 4.79 Å². The van der Waals surface area contributed by atoms with Crippen molar-refractivity contribution >= 4 is 22.2 Å². The molecule has 0 bridgehead atoms. The quantitative estimate of drug-likeness (QED) is 0.560. The Hall–Kier alpha value is -2.61. The topological polar surface area (TPSA) is 43.1 Å². The Labute approximate surface area is 124 Å². The van der Waals surface area contributed by atoms with Crippen molar-refractivity contribution in [2.45, 2.75) is 13.8 Å². The fourth-order valence-electron chi connectivity index (χ4n) is 2.77. The van der Waals surface area contributed by atoms with E-state index in [9.17, 15) is 4.79 Å². The Morgan fingerprint density at radius 2 is 1.71 bits per heavy atom. The number of carbonyl (C=O) groups is 1. The summed E-state index contributed by atoms with van der Waals surface area (Å²) in [6.07, 6.45) is 0. The van der Waals surface area contributed by atoms with Crippen molar-refractivity contribution in [3.63, 3.8) is 0 Å². The van der Waals surface area contributed by atoms with Crippen LogP contribution in [0.25, 0.3) is 10.8 Å². The van der Waals surface area contributed by atoms with E-state index in [-0.39, 0.29) is 5.78 Å². The van der Waals surface area contributed by atoms with Gasteiger partial charge in [-0.2, -0.15) is 0 Å². The molecule has 0 spiro atoms. The first-order valence-corrected chi connectivity index (χ1v) is 6.96. The molecule has 2 nitrogen and oxygen atoms in total. The molecule has 2 N–H and O–H groups in total. The molecule has 0 aliphatic carbocycles. The molecular weight excluding hydrogens is 258 g/mol. The van der Waals surface area contributed by atoms with E-state index in [0.717, 1.165) is 27.5 Å². The lowest BCUT2D eigenvalue weighted by atomic mass is 9.92. The highest BCUT2D eigenvalue weighted by atomic mass is 16.1. The van der Waals surface area contributed by atoms with Gasteiger partial charge in [0.25, 0.3) is 0 Å². The third-order valence-electron chi connectivity index (χ3n) is 3.73. The molecule has 3 aromatic rings. The first kappa shape index (κ1) is 13.4. The summed E-state index contributed by atoms with van der Waals surface area (Å²) in [5, 5.41) is 2.06. The number of nitrogen functional groups attached to an aromatic ring is 1. The molecule has 3 rings (SSSR count). The number of hydrogen-bond donors (Lipinski definition) is 1. The molecule has 0 fully saturated rings. The minimum absolute atomic E-state index is 0.0275. The molecule has 2 heteroatoms. The van der Waals surface area contributed by atoms with Crippen LogP contribution in [0.2, 0.25) is 0 Å². The SMILES string of the molecule is Cc1cc(N)cc(C(=O)c2c(C)ccc3ccccc23)c1. The van der Waals surface area contributed by atoms with E-state index in [0.29, 0.717) is 11.3 Å². The number of anilines is 1. The minimum atomic E-state index is 0.0275. The van der Waals surface area contributed by atoms with E-state index in [1.165, 1.54) is 0 Å². The van der Waals surface area contributed by atoms with Gasteiger partial charge in [0.15, 0.2) is 5.78 Å². The number of nitrogens with two attached hydrogens (primary N) is 1. The van der Waals surface area contributed by atoms with E-state index in [2.05, 4.69) is 0 Å². The van der Waals surface area contributed by atoms with Gasteiger partial charge < -0.3 is 5.73 Å². The third-order valence-corrected chi connectivity index (χ3v) is 3.73. The zero-order chi connectivity index (χ0) is 15.0. The smallest absolute Gasteiger partial charge is 0.193 e. The molecule has 0 aromatic heterocycles. The van der Waals surface area contributed by atoms with Gasteiger partial charge >= 0.3 is 0 Å². The van der Waals surface area contributed by atoms with Crippen LogP contribution in [0, 0.1) is 13.8 Å². The Morgan fingerprint density at radius 3 is 2.48 bits per heavy atom. The Balaban J connectivity index is 2.24. The van der Waals surface area contributed by atoms with Gasteiger partial charge in [-0.05, 0) is 53.9 Å². The molecule has 0 heterocycles. The van der Waals surface area contributed by atoms with Crippen LogP contribution < -0.4 is 5.73 Å². The normalized spacial score (nSPS) is 10.8. The van der Waals surface area contributed by atoms with Crippen LogP contribution in [0.1, 0.15) is 27.0 Å². The third kappa shape index (κ3) is 2.40. The van der Waals surface area contributed by atoms with Crippen molar-refractivity contribution in [3.05, 3.63) is 76.9 Å². The van der Waals surface area contributed by atoms with Gasteiger partial charge in [-0.3, -0.25) is 4.79 Å². The average molecular weight is 275 g/mol. The molecule has 0 radical (unpaired) electrons. The van der Waals surface area contributed by atoms with Crippen LogP contribution in [0.15, 0.2) is 54.6 Å². The van der Waals surface area contributed by atoms with Gasteiger partial charge in [0.1, 0.15) is 0 Å². The first-order chi connectivity index (χ1) is 10.1. The maximum Gasteiger partial charge on any atom is 0.193 e. The van der Waals surface area contributed by atoms with Crippen molar-refractivity contribution in [1.29, 1.82) is 0 Å². The summed E-state index contributed by atoms with van der Waals surface area (Å²) in [4.78, 5) is 12.9. The monoisotopic (exact) mass is 275 g/mol. The lowest BCUT2D eigenvalue weighted by molar-refractivity contribution is 0.103. The van der Waals surface area contributed by atoms with E-state index in [4.69, 9.17) is 5.73 Å². The number of fused-ring (bicyclic) bond motifs is 1. The fourth-order valence-corrected chi connectivity index (χ4v) is 2.77. The summed E-state index contributed by atoms with van der Waals surface area (Å²) in [5.74, 6) is 0.0275. The maximum absolute atomic E-state index is 12.9. The molecule has 3 aromatic carbocycles. The molecule has 104 valence electrons. The van der Waals surface area contributed by atoms with E-state index < -0.39 is 0 Å². The highest BCUT2D eigenvalue weighted by Crippen LogP contribution is 2.25. The number of aryl methyl sites for hydroxylation is 2. The molecule has 0 atom stereocenters. The summed E-state index contributed by atoms with van der Waals surface area (Å²) in [7, 11) is 0. The zero-order valence-electron chi connectivity index (χ0n) is 12.2. The van der Waals surface area contributed by atoms with Crippen LogP contribution in [0.3, 0.4) is 0 Å².